The smallest absolute Gasteiger partial charge is 0.0169 e. The maximum absolute atomic E-state index is 3.67. The molecule has 0 rings (SSSR count). The summed E-state index contributed by atoms with van der Waals surface area (Å²) in [7, 11) is 0. The summed E-state index contributed by atoms with van der Waals surface area (Å²) < 4.78 is 0. The maximum Gasteiger partial charge on any atom is -0.0169 e. The molecule has 0 N–H and O–H groups in total. The van der Waals surface area contributed by atoms with Gasteiger partial charge in [0.15, 0.2) is 0 Å². The summed E-state index contributed by atoms with van der Waals surface area (Å²) in [6, 6.07) is 0. The van der Waals surface area contributed by atoms with Crippen LogP contribution in [0.3, 0.4) is 0 Å². The van der Waals surface area contributed by atoms with Crippen LogP contribution in [0.15, 0.2) is 24.3 Å². The Hall–Kier alpha value is -0.520. The van der Waals surface area contributed by atoms with E-state index in [2.05, 4.69) is 32.1 Å². The van der Waals surface area contributed by atoms with Crippen LogP contribution in [-0.4, -0.2) is 0 Å². The summed E-state index contributed by atoms with van der Waals surface area (Å²) in [5.41, 5.74) is 0. The molecule has 0 saturated carbocycles. The van der Waals surface area contributed by atoms with Gasteiger partial charge in [-0.2, -0.15) is 0 Å². The zero-order chi connectivity index (χ0) is 12.6. The van der Waals surface area contributed by atoms with E-state index in [9.17, 15) is 0 Å². The third-order valence-corrected chi connectivity index (χ3v) is 3.08. The first-order valence-corrected chi connectivity index (χ1v) is 7.51. The van der Waals surface area contributed by atoms with E-state index in [0.717, 1.165) is 6.42 Å². The van der Waals surface area contributed by atoms with Gasteiger partial charge in [-0.3, -0.25) is 0 Å². The van der Waals surface area contributed by atoms with Gasteiger partial charge in [0.2, 0.25) is 0 Å². The van der Waals surface area contributed by atoms with Gasteiger partial charge in [0.05, 0.1) is 0 Å². The Labute approximate surface area is 109 Å². The van der Waals surface area contributed by atoms with Crippen LogP contribution in [0.4, 0.5) is 0 Å². The minimum Gasteiger partial charge on any atom is -0.0882 e. The predicted molar refractivity (Wildman–Crippen MR) is 80.1 cm³/mol. The molecule has 0 saturated heterocycles. The number of unbranched alkanes of at least 4 members (excludes halogenated alkanes) is 9. The predicted octanol–water partition coefficient (Wildman–Crippen LogP) is 6.24. The second-order valence-corrected chi connectivity index (χ2v) is 4.80. The summed E-state index contributed by atoms with van der Waals surface area (Å²) in [6.07, 6.45) is 23.6. The zero-order valence-corrected chi connectivity index (χ0v) is 11.8. The van der Waals surface area contributed by atoms with Crippen molar-refractivity contribution in [2.24, 2.45) is 0 Å². The summed E-state index contributed by atoms with van der Waals surface area (Å²) in [4.78, 5) is 0. The first-order chi connectivity index (χ1) is 8.41. The van der Waals surface area contributed by atoms with Crippen LogP contribution < -0.4 is 0 Å². The van der Waals surface area contributed by atoms with E-state index >= 15 is 0 Å². The molecule has 0 unspecified atom stereocenters. The number of hydrogen-bond donors (Lipinski definition) is 0. The fourth-order valence-corrected chi connectivity index (χ4v) is 1.96. The van der Waals surface area contributed by atoms with Crippen molar-refractivity contribution in [2.45, 2.75) is 77.6 Å². The molecule has 0 aromatic carbocycles. The standard InChI is InChI=1S/C17H31/c1-3-5-7-9-11-13-15-17-16-14-12-10-8-6-4-2/h3,5,9,11H,1,4,6-8,10,12-17H2,2H3/b5-3+,11-9+. The summed E-state index contributed by atoms with van der Waals surface area (Å²) in [5, 5.41) is 0. The Bertz CT molecular complexity index is 176. The molecular weight excluding hydrogens is 204 g/mol. The topological polar surface area (TPSA) is 0 Å². The summed E-state index contributed by atoms with van der Waals surface area (Å²) in [5.74, 6) is 0. The van der Waals surface area contributed by atoms with E-state index in [1.54, 1.807) is 0 Å². The van der Waals surface area contributed by atoms with Gasteiger partial charge in [0, 0.05) is 0 Å². The molecule has 0 aliphatic heterocycles. The van der Waals surface area contributed by atoms with Crippen LogP contribution in [0.2, 0.25) is 0 Å². The average molecular weight is 235 g/mol. The molecule has 0 aliphatic rings. The third kappa shape index (κ3) is 15.5. The average Bonchev–Trinajstić information content (AvgIpc) is 2.35. The van der Waals surface area contributed by atoms with Crippen LogP contribution in [-0.2, 0) is 0 Å². The maximum atomic E-state index is 3.67. The molecule has 0 heterocycles. The van der Waals surface area contributed by atoms with Crippen molar-refractivity contribution in [3.63, 3.8) is 0 Å². The highest BCUT2D eigenvalue weighted by Gasteiger charge is 1.90. The molecule has 0 aromatic rings. The van der Waals surface area contributed by atoms with Crippen molar-refractivity contribution in [2.75, 3.05) is 0 Å². The minimum atomic E-state index is 1.04. The molecule has 0 aromatic heterocycles. The van der Waals surface area contributed by atoms with Gasteiger partial charge in [0.1, 0.15) is 0 Å². The van der Waals surface area contributed by atoms with Crippen molar-refractivity contribution in [3.05, 3.63) is 31.2 Å². The summed E-state index contributed by atoms with van der Waals surface area (Å²) >= 11 is 0. The van der Waals surface area contributed by atoms with Crippen LogP contribution >= 0.6 is 0 Å². The Balaban J connectivity index is 3.00. The van der Waals surface area contributed by atoms with E-state index in [1.807, 2.05) is 6.08 Å². The Morgan fingerprint density at radius 1 is 0.706 bits per heavy atom. The second kappa shape index (κ2) is 15.5. The molecule has 0 bridgehead atoms. The quantitative estimate of drug-likeness (QED) is 0.277. The highest BCUT2D eigenvalue weighted by molar-refractivity contribution is 4.93. The molecule has 0 aliphatic carbocycles. The van der Waals surface area contributed by atoms with E-state index in [1.165, 1.54) is 64.2 Å². The van der Waals surface area contributed by atoms with Crippen molar-refractivity contribution in [1.29, 1.82) is 0 Å². The molecule has 0 amide bonds. The number of hydrogen-bond acceptors (Lipinski definition) is 0. The zero-order valence-electron chi connectivity index (χ0n) is 11.8. The number of rotatable bonds is 12. The van der Waals surface area contributed by atoms with Gasteiger partial charge in [-0.1, -0.05) is 82.6 Å². The second-order valence-electron chi connectivity index (χ2n) is 4.80. The van der Waals surface area contributed by atoms with Crippen LogP contribution in [0.5, 0.6) is 0 Å². The van der Waals surface area contributed by atoms with Gasteiger partial charge < -0.3 is 0 Å². The normalized spacial score (nSPS) is 11.9. The van der Waals surface area contributed by atoms with Gasteiger partial charge in [-0.15, -0.1) is 0 Å². The van der Waals surface area contributed by atoms with Gasteiger partial charge in [-0.05, 0) is 26.2 Å². The molecule has 99 valence electrons. The van der Waals surface area contributed by atoms with Gasteiger partial charge >= 0.3 is 0 Å². The van der Waals surface area contributed by atoms with Gasteiger partial charge in [-0.25, -0.2) is 0 Å². The van der Waals surface area contributed by atoms with Crippen LogP contribution in [0.1, 0.15) is 77.6 Å². The highest BCUT2D eigenvalue weighted by atomic mass is 14.0. The first-order valence-electron chi connectivity index (χ1n) is 7.51. The van der Waals surface area contributed by atoms with E-state index in [-0.39, 0.29) is 0 Å². The molecule has 1 radical (unpaired) electrons. The van der Waals surface area contributed by atoms with E-state index in [4.69, 9.17) is 0 Å². The molecule has 0 atom stereocenters. The van der Waals surface area contributed by atoms with Gasteiger partial charge in [0.25, 0.3) is 0 Å². The monoisotopic (exact) mass is 235 g/mol. The largest absolute Gasteiger partial charge is 0.0882 e. The lowest BCUT2D eigenvalue weighted by atomic mass is 10.1. The molecule has 0 heteroatoms. The minimum absolute atomic E-state index is 1.04. The highest BCUT2D eigenvalue weighted by Crippen LogP contribution is 2.10. The molecular formula is C17H31. The molecule has 17 heavy (non-hydrogen) atoms. The molecule has 0 spiro atoms. The van der Waals surface area contributed by atoms with Crippen LogP contribution in [0.25, 0.3) is 0 Å². The fraction of sp³-hybridized carbons (Fsp3) is 0.706. The van der Waals surface area contributed by atoms with Crippen molar-refractivity contribution in [3.8, 4) is 0 Å². The SMILES string of the molecule is [CH2]/C=C/C/C=C/CCCCCCCCCCC. The fourth-order valence-electron chi connectivity index (χ4n) is 1.96. The van der Waals surface area contributed by atoms with Crippen LogP contribution in [0, 0.1) is 6.92 Å². The van der Waals surface area contributed by atoms with E-state index < -0.39 is 0 Å². The molecule has 0 nitrogen and oxygen atoms in total. The summed E-state index contributed by atoms with van der Waals surface area (Å²) in [6.45, 7) is 5.94. The Kier molecular flexibility index (Phi) is 15.0. The Morgan fingerprint density at radius 3 is 1.88 bits per heavy atom. The van der Waals surface area contributed by atoms with Crippen molar-refractivity contribution in [1.82, 2.24) is 0 Å². The lowest BCUT2D eigenvalue weighted by molar-refractivity contribution is 0.566. The lowest BCUT2D eigenvalue weighted by Gasteiger charge is -2.00. The molecule has 0 fully saturated rings. The third-order valence-electron chi connectivity index (χ3n) is 3.08. The first kappa shape index (κ1) is 16.5. The number of allylic oxidation sites excluding steroid dienone is 4. The lowest BCUT2D eigenvalue weighted by Crippen LogP contribution is -1.80. The van der Waals surface area contributed by atoms with Crippen molar-refractivity contribution < 1.29 is 0 Å². The Morgan fingerprint density at radius 2 is 1.29 bits per heavy atom. The van der Waals surface area contributed by atoms with E-state index in [0.29, 0.717) is 0 Å². The van der Waals surface area contributed by atoms with Crippen molar-refractivity contribution >= 4 is 0 Å².